The van der Waals surface area contributed by atoms with Crippen molar-refractivity contribution >= 4 is 17.5 Å². The molecule has 1 aliphatic carbocycles. The number of rotatable bonds is 13. The molecule has 3 unspecified atom stereocenters. The van der Waals surface area contributed by atoms with Crippen LogP contribution in [0.25, 0.3) is 11.1 Å². The fourth-order valence-electron chi connectivity index (χ4n) is 8.09. The van der Waals surface area contributed by atoms with E-state index in [4.69, 9.17) is 14.2 Å². The molecule has 262 valence electrons. The SMILES string of the molecule is COc1cc2c(c(OC)c1OC)-c1ccc(NCCCCCC(=O)N(C)CC3CCCN4CCCCC34)c(=O)cc1C(NC(C)=O)CC2. The molecule has 10 heteroatoms. The Morgan fingerprint density at radius 3 is 2.48 bits per heavy atom. The summed E-state index contributed by atoms with van der Waals surface area (Å²) in [6.45, 7) is 5.41. The van der Waals surface area contributed by atoms with Crippen molar-refractivity contribution in [3.8, 4) is 28.4 Å². The summed E-state index contributed by atoms with van der Waals surface area (Å²) in [6.07, 6.45) is 10.7. The van der Waals surface area contributed by atoms with Crippen molar-refractivity contribution in [3.05, 3.63) is 45.6 Å². The van der Waals surface area contributed by atoms with E-state index < -0.39 is 0 Å². The van der Waals surface area contributed by atoms with Crippen LogP contribution in [0.5, 0.6) is 17.2 Å². The minimum absolute atomic E-state index is 0.148. The Hall–Kier alpha value is -3.79. The zero-order valence-corrected chi connectivity index (χ0v) is 29.5. The number of methoxy groups -OCH3 is 3. The number of fused-ring (bicyclic) bond motifs is 4. The number of ether oxygens (including phenoxy) is 3. The summed E-state index contributed by atoms with van der Waals surface area (Å²) in [6, 6.07) is 7.62. The second kappa shape index (κ2) is 16.5. The smallest absolute Gasteiger partial charge is 0.222 e. The molecule has 0 saturated carbocycles. The van der Waals surface area contributed by atoms with E-state index in [-0.39, 0.29) is 23.3 Å². The van der Waals surface area contributed by atoms with Crippen LogP contribution in [0.3, 0.4) is 0 Å². The molecular formula is C38H54N4O6. The standard InChI is InChI=1S/C38H54N4O6/c1-25(43)40-30-17-15-26-22-34(46-3)37(47-4)38(48-5)36(26)28-16-18-31(33(44)23-29(28)30)39-19-9-6-7-14-35(45)41(2)24-27-12-11-21-42-20-10-8-13-32(27)42/h16,18,22-23,27,30,32H,6-15,17,19-21,24H2,1-5H3,(H,39,44)(H,40,43). The Morgan fingerprint density at radius 2 is 1.73 bits per heavy atom. The second-order valence-electron chi connectivity index (χ2n) is 13.6. The van der Waals surface area contributed by atoms with Gasteiger partial charge in [-0.2, -0.15) is 0 Å². The van der Waals surface area contributed by atoms with E-state index in [2.05, 4.69) is 15.5 Å². The number of nitrogens with one attached hydrogen (secondary N) is 2. The van der Waals surface area contributed by atoms with Gasteiger partial charge in [-0.25, -0.2) is 0 Å². The highest BCUT2D eigenvalue weighted by Gasteiger charge is 2.34. The Bertz CT molecular complexity index is 1510. The van der Waals surface area contributed by atoms with E-state index in [0.29, 0.717) is 60.7 Å². The van der Waals surface area contributed by atoms with Gasteiger partial charge in [0.15, 0.2) is 11.5 Å². The summed E-state index contributed by atoms with van der Waals surface area (Å²) in [5, 5.41) is 6.39. The van der Waals surface area contributed by atoms with Crippen molar-refractivity contribution < 1.29 is 23.8 Å². The fourth-order valence-corrected chi connectivity index (χ4v) is 8.09. The molecule has 2 aromatic carbocycles. The van der Waals surface area contributed by atoms with Crippen molar-refractivity contribution in [3.63, 3.8) is 0 Å². The molecule has 5 rings (SSSR count). The number of anilines is 1. The molecule has 0 bridgehead atoms. The molecule has 2 fully saturated rings. The van der Waals surface area contributed by atoms with Gasteiger partial charge in [-0.05, 0) is 105 Å². The Kier molecular flexibility index (Phi) is 12.2. The molecule has 3 aliphatic rings. The van der Waals surface area contributed by atoms with Crippen LogP contribution in [0, 0.1) is 5.92 Å². The van der Waals surface area contributed by atoms with Crippen LogP contribution in [0.2, 0.25) is 0 Å². The summed E-state index contributed by atoms with van der Waals surface area (Å²) in [7, 11) is 6.72. The summed E-state index contributed by atoms with van der Waals surface area (Å²) in [4.78, 5) is 43.4. The van der Waals surface area contributed by atoms with Gasteiger partial charge in [-0.1, -0.05) is 18.9 Å². The highest BCUT2D eigenvalue weighted by atomic mass is 16.5. The van der Waals surface area contributed by atoms with E-state index in [1.165, 1.54) is 52.1 Å². The first-order valence-corrected chi connectivity index (χ1v) is 17.7. The number of carbonyl (C=O) groups excluding carboxylic acids is 2. The second-order valence-corrected chi connectivity index (χ2v) is 13.6. The van der Waals surface area contributed by atoms with Gasteiger partial charge in [0, 0.05) is 45.1 Å². The third kappa shape index (κ3) is 8.08. The lowest BCUT2D eigenvalue weighted by Gasteiger charge is -2.45. The molecular weight excluding hydrogens is 608 g/mol. The Balaban J connectivity index is 1.22. The number of nitrogens with zero attached hydrogens (tertiary/aromatic N) is 2. The zero-order valence-electron chi connectivity index (χ0n) is 29.5. The molecule has 2 N–H and O–H groups in total. The average molecular weight is 663 g/mol. The van der Waals surface area contributed by atoms with E-state index in [9.17, 15) is 14.4 Å². The first-order valence-electron chi connectivity index (χ1n) is 17.7. The predicted octanol–water partition coefficient (Wildman–Crippen LogP) is 5.56. The predicted molar refractivity (Wildman–Crippen MR) is 189 cm³/mol. The monoisotopic (exact) mass is 662 g/mol. The third-order valence-electron chi connectivity index (χ3n) is 10.5. The van der Waals surface area contributed by atoms with Crippen molar-refractivity contribution in [1.82, 2.24) is 15.1 Å². The largest absolute Gasteiger partial charge is 0.493 e. The molecule has 2 saturated heterocycles. The minimum atomic E-state index is -0.352. The van der Waals surface area contributed by atoms with Gasteiger partial charge >= 0.3 is 0 Å². The van der Waals surface area contributed by atoms with Gasteiger partial charge in [0.25, 0.3) is 0 Å². The molecule has 0 aromatic heterocycles. The first-order chi connectivity index (χ1) is 23.2. The molecule has 0 radical (unpaired) electrons. The van der Waals surface area contributed by atoms with Crippen LogP contribution in [0.1, 0.15) is 88.3 Å². The minimum Gasteiger partial charge on any atom is -0.493 e. The van der Waals surface area contributed by atoms with E-state index in [1.807, 2.05) is 30.1 Å². The molecule has 48 heavy (non-hydrogen) atoms. The van der Waals surface area contributed by atoms with Crippen LogP contribution >= 0.6 is 0 Å². The van der Waals surface area contributed by atoms with Gasteiger partial charge in [-0.15, -0.1) is 0 Å². The van der Waals surface area contributed by atoms with Gasteiger partial charge in [0.2, 0.25) is 23.0 Å². The highest BCUT2D eigenvalue weighted by Crippen LogP contribution is 2.50. The number of carbonyl (C=O) groups is 2. The summed E-state index contributed by atoms with van der Waals surface area (Å²) >= 11 is 0. The fraction of sp³-hybridized carbons (Fsp3) is 0.605. The van der Waals surface area contributed by atoms with Gasteiger partial charge in [0.1, 0.15) is 0 Å². The number of aryl methyl sites for hydroxylation is 1. The van der Waals surface area contributed by atoms with Gasteiger partial charge in [0.05, 0.1) is 33.1 Å². The maximum absolute atomic E-state index is 13.6. The molecule has 2 heterocycles. The molecule has 2 aliphatic heterocycles. The van der Waals surface area contributed by atoms with Crippen molar-refractivity contribution in [2.75, 3.05) is 59.9 Å². The molecule has 2 aromatic rings. The lowest BCUT2D eigenvalue weighted by atomic mass is 9.83. The van der Waals surface area contributed by atoms with Crippen LogP contribution in [-0.4, -0.2) is 82.2 Å². The maximum atomic E-state index is 13.6. The average Bonchev–Trinajstić information content (AvgIpc) is 3.33. The highest BCUT2D eigenvalue weighted by molar-refractivity contribution is 5.83. The zero-order chi connectivity index (χ0) is 34.2. The van der Waals surface area contributed by atoms with Gasteiger partial charge in [-0.3, -0.25) is 14.4 Å². The van der Waals surface area contributed by atoms with Crippen LogP contribution in [0.15, 0.2) is 29.1 Å². The quantitative estimate of drug-likeness (QED) is 0.269. The third-order valence-corrected chi connectivity index (χ3v) is 10.5. The van der Waals surface area contributed by atoms with Crippen molar-refractivity contribution in [1.29, 1.82) is 0 Å². The normalized spacial score (nSPS) is 20.3. The van der Waals surface area contributed by atoms with Crippen LogP contribution < -0.4 is 30.3 Å². The maximum Gasteiger partial charge on any atom is 0.222 e. The molecule has 10 nitrogen and oxygen atoms in total. The first kappa shape index (κ1) is 35.5. The summed E-state index contributed by atoms with van der Waals surface area (Å²) in [5.41, 5.74) is 3.70. The number of hydrogen-bond acceptors (Lipinski definition) is 8. The number of amides is 2. The summed E-state index contributed by atoms with van der Waals surface area (Å²) in [5.74, 6) is 2.23. The lowest BCUT2D eigenvalue weighted by Crippen LogP contribution is -2.51. The lowest BCUT2D eigenvalue weighted by molar-refractivity contribution is -0.131. The van der Waals surface area contributed by atoms with Crippen molar-refractivity contribution in [2.24, 2.45) is 5.92 Å². The molecule has 0 spiro atoms. The van der Waals surface area contributed by atoms with Crippen LogP contribution in [0.4, 0.5) is 5.69 Å². The molecule has 2 amide bonds. The van der Waals surface area contributed by atoms with Crippen molar-refractivity contribution in [2.45, 2.75) is 89.6 Å². The van der Waals surface area contributed by atoms with E-state index in [1.54, 1.807) is 27.4 Å². The number of unbranched alkanes of at least 4 members (excludes halogenated alkanes) is 2. The Morgan fingerprint density at radius 1 is 0.938 bits per heavy atom. The number of benzene rings is 1. The van der Waals surface area contributed by atoms with Gasteiger partial charge < -0.3 is 34.6 Å². The van der Waals surface area contributed by atoms with Crippen LogP contribution in [-0.2, 0) is 16.0 Å². The van der Waals surface area contributed by atoms with E-state index >= 15 is 0 Å². The Labute approximate surface area is 285 Å². The van der Waals surface area contributed by atoms with E-state index in [0.717, 1.165) is 48.1 Å². The number of hydrogen-bond donors (Lipinski definition) is 2. The molecule has 3 atom stereocenters. The topological polar surface area (TPSA) is 109 Å². The summed E-state index contributed by atoms with van der Waals surface area (Å²) < 4.78 is 17.2. The number of piperidine rings is 2.